The number of halogens is 1. The minimum absolute atomic E-state index is 0.0522. The van der Waals surface area contributed by atoms with Crippen molar-refractivity contribution in [3.05, 3.63) is 57.5 Å². The van der Waals surface area contributed by atoms with E-state index < -0.39 is 0 Å². The molecule has 0 spiro atoms. The largest absolute Gasteiger partial charge is 0.487 e. The van der Waals surface area contributed by atoms with E-state index >= 15 is 0 Å². The van der Waals surface area contributed by atoms with E-state index in [4.69, 9.17) is 9.47 Å². The molecule has 6 heteroatoms. The van der Waals surface area contributed by atoms with E-state index in [-0.39, 0.29) is 37.7 Å². The van der Waals surface area contributed by atoms with E-state index in [2.05, 4.69) is 21.7 Å². The fourth-order valence-electron chi connectivity index (χ4n) is 2.77. The van der Waals surface area contributed by atoms with E-state index in [0.29, 0.717) is 24.5 Å². The average Bonchev–Trinajstić information content (AvgIpc) is 2.63. The zero-order valence-electron chi connectivity index (χ0n) is 17.5. The maximum atomic E-state index is 12.9. The second-order valence-electron chi connectivity index (χ2n) is 8.00. The topological polar surface area (TPSA) is 53.4 Å². The number of rotatable bonds is 9. The highest BCUT2D eigenvalue weighted by Gasteiger charge is 2.22. The molecule has 0 amide bonds. The summed E-state index contributed by atoms with van der Waals surface area (Å²) in [7, 11) is 0. The lowest BCUT2D eigenvalue weighted by atomic mass is 10.0. The first-order valence-corrected chi connectivity index (χ1v) is 12.5. The van der Waals surface area contributed by atoms with Gasteiger partial charge in [-0.05, 0) is 37.8 Å². The molecule has 1 aromatic heterocycles. The molecule has 2 rings (SSSR count). The molecule has 0 aliphatic rings. The lowest BCUT2D eigenvalue weighted by Gasteiger charge is -2.23. The van der Waals surface area contributed by atoms with Gasteiger partial charge in [-0.2, -0.15) is 5.10 Å². The molecule has 0 saturated heterocycles. The van der Waals surface area contributed by atoms with Crippen molar-refractivity contribution in [1.29, 1.82) is 0 Å². The highest BCUT2D eigenvalue weighted by molar-refractivity contribution is 14.2. The Hall–Kier alpha value is -1.54. The van der Waals surface area contributed by atoms with Crippen LogP contribution in [0.2, 0.25) is 0 Å². The van der Waals surface area contributed by atoms with E-state index in [1.165, 1.54) is 4.68 Å². The number of benzene rings is 1. The van der Waals surface area contributed by atoms with Gasteiger partial charge < -0.3 is 9.47 Å². The van der Waals surface area contributed by atoms with E-state index in [9.17, 15) is 4.79 Å². The van der Waals surface area contributed by atoms with Crippen molar-refractivity contribution in [3.63, 3.8) is 0 Å². The summed E-state index contributed by atoms with van der Waals surface area (Å²) in [6, 6.07) is 8.17. The molecule has 0 N–H and O–H groups in total. The van der Waals surface area contributed by atoms with Crippen molar-refractivity contribution in [1.82, 2.24) is 9.78 Å². The highest BCUT2D eigenvalue weighted by atomic mass is 127. The van der Waals surface area contributed by atoms with E-state index in [0.717, 1.165) is 22.2 Å². The van der Waals surface area contributed by atoms with Crippen molar-refractivity contribution in [3.8, 4) is 5.75 Å². The number of alkyl halides is 1. The van der Waals surface area contributed by atoms with Gasteiger partial charge >= 0.3 is 0 Å². The molecule has 5 nitrogen and oxygen atoms in total. The molecule has 0 aliphatic heterocycles. The molecule has 28 heavy (non-hydrogen) atoms. The molecule has 0 unspecified atom stereocenters. The Kier molecular flexibility index (Phi) is 8.37. The zero-order chi connectivity index (χ0) is 20.7. The van der Waals surface area contributed by atoms with Crippen molar-refractivity contribution in [2.24, 2.45) is 0 Å². The summed E-state index contributed by atoms with van der Waals surface area (Å²) in [6.07, 6.45) is 1.66. The van der Waals surface area contributed by atoms with Crippen LogP contribution in [0.3, 0.4) is 0 Å². The first-order chi connectivity index (χ1) is 13.2. The molecule has 154 valence electrons. The molecule has 1 heterocycles. The third kappa shape index (κ3) is 6.24. The van der Waals surface area contributed by atoms with Crippen LogP contribution in [0.1, 0.15) is 57.2 Å². The van der Waals surface area contributed by atoms with Gasteiger partial charge in [0.2, 0.25) is 0 Å². The van der Waals surface area contributed by atoms with E-state index in [1.807, 2.05) is 46.8 Å². The van der Waals surface area contributed by atoms with Crippen LogP contribution >= 0.6 is 20.7 Å². The third-order valence-corrected chi connectivity index (χ3v) is 5.44. The minimum atomic E-state index is -0.369. The van der Waals surface area contributed by atoms with Crippen LogP contribution in [0.4, 0.5) is 0 Å². The van der Waals surface area contributed by atoms with Gasteiger partial charge in [0, 0.05) is 4.43 Å². The summed E-state index contributed by atoms with van der Waals surface area (Å²) >= 11 is 0.0522. The number of hydrogen-bond acceptors (Lipinski definition) is 4. The van der Waals surface area contributed by atoms with E-state index in [1.54, 1.807) is 6.20 Å². The van der Waals surface area contributed by atoms with Crippen molar-refractivity contribution in [2.45, 2.75) is 59.3 Å². The number of hydrogen-bond donors (Lipinski definition) is 0. The van der Waals surface area contributed by atoms with Gasteiger partial charge in [0.1, 0.15) is 12.4 Å². The molecular weight excluding hydrogens is 467 g/mol. The SMILES string of the molecule is C=ICCOCc1ccc(COc2cnn(C(C)(C)C)c(=O)c2C(C)C)cc1. The van der Waals surface area contributed by atoms with Crippen LogP contribution in [0.25, 0.3) is 0 Å². The van der Waals surface area contributed by atoms with Crippen molar-refractivity contribution >= 4 is 25.2 Å². The second-order valence-corrected chi connectivity index (χ2v) is 10.2. The van der Waals surface area contributed by atoms with Crippen molar-refractivity contribution in [2.75, 3.05) is 11.0 Å². The van der Waals surface area contributed by atoms with Crippen molar-refractivity contribution < 1.29 is 9.47 Å². The average molecular weight is 498 g/mol. The quantitative estimate of drug-likeness (QED) is 0.288. The molecule has 0 fully saturated rings. The normalized spacial score (nSPS) is 11.8. The second kappa shape index (κ2) is 10.3. The smallest absolute Gasteiger partial charge is 0.274 e. The first-order valence-electron chi connectivity index (χ1n) is 9.47. The third-order valence-electron chi connectivity index (χ3n) is 4.23. The van der Waals surface area contributed by atoms with Gasteiger partial charge in [-0.25, -0.2) is 4.68 Å². The minimum Gasteiger partial charge on any atom is -0.487 e. The number of ether oxygens (including phenoxy) is 2. The zero-order valence-corrected chi connectivity index (χ0v) is 19.7. The number of aromatic nitrogens is 2. The maximum Gasteiger partial charge on any atom is 0.274 e. The molecule has 2 aromatic rings. The molecule has 0 aliphatic carbocycles. The molecule has 0 radical (unpaired) electrons. The molecular formula is C22H31IN2O3. The summed E-state index contributed by atoms with van der Waals surface area (Å²) in [4.78, 5) is 12.9. The Morgan fingerprint density at radius 3 is 2.29 bits per heavy atom. The van der Waals surface area contributed by atoms with Gasteiger partial charge in [0.15, 0.2) is 0 Å². The standard InChI is InChI=1S/C22H31IN2O3/c1-16(2)20-19(13-24-25(21(20)26)22(3,4)5)28-15-18-9-7-17(8-10-18)14-27-12-11-23-6/h7-10,13,16H,6,11-12,14-15H2,1-5H3. The Bertz CT molecular complexity index is 836. The Morgan fingerprint density at radius 2 is 1.75 bits per heavy atom. The maximum absolute atomic E-state index is 12.9. The van der Waals surface area contributed by atoms with Gasteiger partial charge in [0.05, 0.1) is 30.5 Å². The Balaban J connectivity index is 2.09. The predicted octanol–water partition coefficient (Wildman–Crippen LogP) is 4.62. The molecule has 0 atom stereocenters. The lowest BCUT2D eigenvalue weighted by Crippen LogP contribution is -2.38. The number of nitrogens with zero attached hydrogens (tertiary/aromatic N) is 2. The molecule has 0 bridgehead atoms. The fourth-order valence-corrected chi connectivity index (χ4v) is 3.39. The first kappa shape index (κ1) is 22.7. The van der Waals surface area contributed by atoms with Crippen LogP contribution in [0.15, 0.2) is 35.3 Å². The summed E-state index contributed by atoms with van der Waals surface area (Å²) in [5, 5.41) is 4.33. The van der Waals surface area contributed by atoms with Crippen LogP contribution in [0.5, 0.6) is 5.75 Å². The van der Waals surface area contributed by atoms with Crippen LogP contribution in [0, 0.1) is 0 Å². The van der Waals surface area contributed by atoms with Gasteiger partial charge in [0.25, 0.3) is 5.56 Å². The Labute approximate surface area is 177 Å². The fraction of sp³-hybridized carbons (Fsp3) is 0.500. The summed E-state index contributed by atoms with van der Waals surface area (Å²) < 4.78 is 18.1. The van der Waals surface area contributed by atoms with Gasteiger partial charge in [-0.3, -0.25) is 4.79 Å². The monoisotopic (exact) mass is 498 g/mol. The van der Waals surface area contributed by atoms with Crippen LogP contribution in [-0.4, -0.2) is 25.3 Å². The summed E-state index contributed by atoms with van der Waals surface area (Å²) in [5.74, 6) is 0.615. The molecule has 1 aromatic carbocycles. The van der Waals surface area contributed by atoms with Crippen LogP contribution in [-0.2, 0) is 23.5 Å². The van der Waals surface area contributed by atoms with Gasteiger partial charge in [-0.1, -0.05) is 42.6 Å². The van der Waals surface area contributed by atoms with Gasteiger partial charge in [-0.15, -0.1) is 20.7 Å². The van der Waals surface area contributed by atoms with Crippen LogP contribution < -0.4 is 10.3 Å². The summed E-state index contributed by atoms with van der Waals surface area (Å²) in [6.45, 7) is 11.7. The molecule has 0 saturated carbocycles. The predicted molar refractivity (Wildman–Crippen MR) is 124 cm³/mol. The Morgan fingerprint density at radius 1 is 1.14 bits per heavy atom. The highest BCUT2D eigenvalue weighted by Crippen LogP contribution is 2.24. The summed E-state index contributed by atoms with van der Waals surface area (Å²) in [5.41, 5.74) is 2.40. The lowest BCUT2D eigenvalue weighted by molar-refractivity contribution is 0.138.